The summed E-state index contributed by atoms with van der Waals surface area (Å²) in [6.07, 6.45) is 1.57. The zero-order valence-electron chi connectivity index (χ0n) is 11.8. The monoisotopic (exact) mass is 304 g/mol. The van der Waals surface area contributed by atoms with E-state index in [2.05, 4.69) is 10.3 Å². The molecule has 0 atom stereocenters. The molecule has 0 fully saturated rings. The molecule has 21 heavy (non-hydrogen) atoms. The van der Waals surface area contributed by atoms with Gasteiger partial charge < -0.3 is 5.32 Å². The van der Waals surface area contributed by atoms with Crippen molar-refractivity contribution in [2.75, 3.05) is 11.1 Å². The van der Waals surface area contributed by atoms with E-state index in [-0.39, 0.29) is 16.2 Å². The van der Waals surface area contributed by atoms with Gasteiger partial charge in [-0.25, -0.2) is 13.4 Å². The molecule has 1 N–H and O–H groups in total. The highest BCUT2D eigenvalue weighted by Crippen LogP contribution is 2.19. The van der Waals surface area contributed by atoms with Gasteiger partial charge in [0.05, 0.1) is 16.2 Å². The van der Waals surface area contributed by atoms with E-state index in [0.29, 0.717) is 5.82 Å². The number of anilines is 1. The van der Waals surface area contributed by atoms with Crippen LogP contribution < -0.4 is 5.32 Å². The Labute approximate surface area is 124 Å². The lowest BCUT2D eigenvalue weighted by Gasteiger charge is -2.10. The standard InChI is InChI=1S/C15H16N2O3S/c1-3-21(19,20)13-9-5-4-8-12(13)15(18)17-14-11(2)7-6-10-16-14/h4-10H,3H2,1-2H3,(H,16,17,18). The van der Waals surface area contributed by atoms with Crippen LogP contribution in [0.3, 0.4) is 0 Å². The summed E-state index contributed by atoms with van der Waals surface area (Å²) >= 11 is 0. The van der Waals surface area contributed by atoms with Crippen LogP contribution >= 0.6 is 0 Å². The van der Waals surface area contributed by atoms with Gasteiger partial charge in [0.1, 0.15) is 5.82 Å². The molecule has 110 valence electrons. The third-order valence-corrected chi connectivity index (χ3v) is 4.87. The molecule has 1 heterocycles. The Hall–Kier alpha value is -2.21. The van der Waals surface area contributed by atoms with Crippen molar-refractivity contribution in [1.82, 2.24) is 4.98 Å². The summed E-state index contributed by atoms with van der Waals surface area (Å²) in [6.45, 7) is 3.37. The lowest BCUT2D eigenvalue weighted by atomic mass is 10.2. The minimum atomic E-state index is -3.46. The summed E-state index contributed by atoms with van der Waals surface area (Å²) in [6, 6.07) is 9.76. The average molecular weight is 304 g/mol. The predicted octanol–water partition coefficient (Wildman–Crippen LogP) is 2.44. The number of benzene rings is 1. The van der Waals surface area contributed by atoms with Crippen LogP contribution in [0.5, 0.6) is 0 Å². The second-order valence-corrected chi connectivity index (χ2v) is 6.77. The molecule has 6 heteroatoms. The maximum absolute atomic E-state index is 12.3. The summed E-state index contributed by atoms with van der Waals surface area (Å²) in [5.41, 5.74) is 0.936. The van der Waals surface area contributed by atoms with Crippen LogP contribution in [0, 0.1) is 6.92 Å². The van der Waals surface area contributed by atoms with Crippen LogP contribution in [0.15, 0.2) is 47.5 Å². The third-order valence-electron chi connectivity index (χ3n) is 3.09. The molecule has 0 saturated carbocycles. The minimum absolute atomic E-state index is 0.0404. The average Bonchev–Trinajstić information content (AvgIpc) is 2.49. The van der Waals surface area contributed by atoms with Crippen molar-refractivity contribution in [3.63, 3.8) is 0 Å². The molecule has 0 spiro atoms. The highest BCUT2D eigenvalue weighted by Gasteiger charge is 2.20. The van der Waals surface area contributed by atoms with E-state index in [9.17, 15) is 13.2 Å². The van der Waals surface area contributed by atoms with E-state index >= 15 is 0 Å². The molecule has 1 aromatic carbocycles. The van der Waals surface area contributed by atoms with Crippen LogP contribution in [0.25, 0.3) is 0 Å². The van der Waals surface area contributed by atoms with Gasteiger partial charge in [-0.05, 0) is 30.7 Å². The topological polar surface area (TPSA) is 76.1 Å². The van der Waals surface area contributed by atoms with Gasteiger partial charge in [0.25, 0.3) is 5.91 Å². The first-order valence-electron chi connectivity index (χ1n) is 6.50. The fourth-order valence-electron chi connectivity index (χ4n) is 1.87. The predicted molar refractivity (Wildman–Crippen MR) is 81.1 cm³/mol. The molecule has 0 aliphatic rings. The molecule has 5 nitrogen and oxygen atoms in total. The van der Waals surface area contributed by atoms with E-state index in [1.54, 1.807) is 31.3 Å². The van der Waals surface area contributed by atoms with Gasteiger partial charge in [0.15, 0.2) is 9.84 Å². The summed E-state index contributed by atoms with van der Waals surface area (Å²) in [4.78, 5) is 16.4. The summed E-state index contributed by atoms with van der Waals surface area (Å²) in [5.74, 6) is -0.115. The van der Waals surface area contributed by atoms with Gasteiger partial charge in [-0.15, -0.1) is 0 Å². The quantitative estimate of drug-likeness (QED) is 0.941. The SMILES string of the molecule is CCS(=O)(=O)c1ccccc1C(=O)Nc1ncccc1C. The van der Waals surface area contributed by atoms with Crippen molar-refractivity contribution in [2.24, 2.45) is 0 Å². The van der Waals surface area contributed by atoms with Gasteiger partial charge in [-0.2, -0.15) is 0 Å². The first-order chi connectivity index (χ1) is 9.95. The Kier molecular flexibility index (Phi) is 4.37. The highest BCUT2D eigenvalue weighted by molar-refractivity contribution is 7.91. The normalized spacial score (nSPS) is 11.1. The van der Waals surface area contributed by atoms with Crippen molar-refractivity contribution in [3.8, 4) is 0 Å². The maximum Gasteiger partial charge on any atom is 0.258 e. The molecule has 1 amide bonds. The van der Waals surface area contributed by atoms with Crippen LogP contribution in [0.4, 0.5) is 5.82 Å². The Morgan fingerprint density at radius 2 is 1.90 bits per heavy atom. The molecule has 2 aromatic rings. The molecule has 0 bridgehead atoms. The maximum atomic E-state index is 12.3. The number of rotatable bonds is 4. The van der Waals surface area contributed by atoms with E-state index in [1.165, 1.54) is 12.1 Å². The lowest BCUT2D eigenvalue weighted by molar-refractivity contribution is 0.102. The molecular weight excluding hydrogens is 288 g/mol. The van der Waals surface area contributed by atoms with Crippen molar-refractivity contribution >= 4 is 21.6 Å². The third kappa shape index (κ3) is 3.28. The zero-order chi connectivity index (χ0) is 15.5. The fourth-order valence-corrected chi connectivity index (χ4v) is 2.97. The molecule has 0 radical (unpaired) electrons. The van der Waals surface area contributed by atoms with E-state index < -0.39 is 15.7 Å². The number of carbonyl (C=O) groups is 1. The number of hydrogen-bond donors (Lipinski definition) is 1. The number of pyridine rings is 1. The van der Waals surface area contributed by atoms with Crippen molar-refractivity contribution < 1.29 is 13.2 Å². The summed E-state index contributed by atoms with van der Waals surface area (Å²) < 4.78 is 24.1. The molecule has 0 aliphatic heterocycles. The van der Waals surface area contributed by atoms with Crippen LogP contribution in [-0.2, 0) is 9.84 Å². The molecular formula is C15H16N2O3S. The Bertz CT molecular complexity index is 770. The van der Waals surface area contributed by atoms with Gasteiger partial charge >= 0.3 is 0 Å². The van der Waals surface area contributed by atoms with Gasteiger partial charge in [-0.1, -0.05) is 25.1 Å². The minimum Gasteiger partial charge on any atom is -0.306 e. The second kappa shape index (κ2) is 6.05. The van der Waals surface area contributed by atoms with E-state index in [0.717, 1.165) is 5.56 Å². The summed E-state index contributed by atoms with van der Waals surface area (Å²) in [7, 11) is -3.46. The van der Waals surface area contributed by atoms with Crippen LogP contribution in [0.1, 0.15) is 22.8 Å². The molecule has 0 unspecified atom stereocenters. The number of nitrogens with zero attached hydrogens (tertiary/aromatic N) is 1. The largest absolute Gasteiger partial charge is 0.306 e. The number of carbonyl (C=O) groups excluding carboxylic acids is 1. The smallest absolute Gasteiger partial charge is 0.258 e. The fraction of sp³-hybridized carbons (Fsp3) is 0.200. The van der Waals surface area contributed by atoms with Crippen LogP contribution in [-0.4, -0.2) is 25.1 Å². The molecule has 0 saturated heterocycles. The molecule has 0 aliphatic carbocycles. The molecule has 1 aromatic heterocycles. The Morgan fingerprint density at radius 3 is 2.57 bits per heavy atom. The number of hydrogen-bond acceptors (Lipinski definition) is 4. The number of sulfone groups is 1. The zero-order valence-corrected chi connectivity index (χ0v) is 12.6. The second-order valence-electron chi connectivity index (χ2n) is 4.52. The Balaban J connectivity index is 2.39. The first kappa shape index (κ1) is 15.2. The first-order valence-corrected chi connectivity index (χ1v) is 8.15. The number of aromatic nitrogens is 1. The Morgan fingerprint density at radius 1 is 1.19 bits per heavy atom. The van der Waals surface area contributed by atoms with Crippen molar-refractivity contribution in [1.29, 1.82) is 0 Å². The van der Waals surface area contributed by atoms with Gasteiger partial charge in [0.2, 0.25) is 0 Å². The molecule has 2 rings (SSSR count). The summed E-state index contributed by atoms with van der Waals surface area (Å²) in [5, 5.41) is 2.65. The van der Waals surface area contributed by atoms with Gasteiger partial charge in [0, 0.05) is 6.20 Å². The van der Waals surface area contributed by atoms with Crippen LogP contribution in [0.2, 0.25) is 0 Å². The van der Waals surface area contributed by atoms with E-state index in [4.69, 9.17) is 0 Å². The number of amides is 1. The van der Waals surface area contributed by atoms with Gasteiger partial charge in [-0.3, -0.25) is 4.79 Å². The van der Waals surface area contributed by atoms with Crippen molar-refractivity contribution in [3.05, 3.63) is 53.7 Å². The van der Waals surface area contributed by atoms with E-state index in [1.807, 2.05) is 13.0 Å². The lowest BCUT2D eigenvalue weighted by Crippen LogP contribution is -2.18. The highest BCUT2D eigenvalue weighted by atomic mass is 32.2. The number of aryl methyl sites for hydroxylation is 1. The number of nitrogens with one attached hydrogen (secondary N) is 1. The van der Waals surface area contributed by atoms with Crippen molar-refractivity contribution in [2.45, 2.75) is 18.7 Å².